The Kier molecular flexibility index (Phi) is 5.97. The van der Waals surface area contributed by atoms with Gasteiger partial charge in [0.15, 0.2) is 0 Å². The SMILES string of the molecule is Cc1nc(-c2ccccc2)sc1[C@@H](C)NC(=O)N1CCC(N2CCCC2)CC1. The largest absolute Gasteiger partial charge is 0.331 e. The van der Waals surface area contributed by atoms with E-state index in [1.807, 2.05) is 30.0 Å². The highest BCUT2D eigenvalue weighted by atomic mass is 32.1. The van der Waals surface area contributed by atoms with E-state index in [0.717, 1.165) is 47.1 Å². The molecule has 4 rings (SSSR count). The maximum atomic E-state index is 12.8. The number of thiazole rings is 1. The number of likely N-dealkylation sites (tertiary alicyclic amines) is 2. The Morgan fingerprint density at radius 3 is 2.50 bits per heavy atom. The summed E-state index contributed by atoms with van der Waals surface area (Å²) in [6.07, 6.45) is 4.86. The average Bonchev–Trinajstić information content (AvgIpc) is 3.39. The normalized spacial score (nSPS) is 19.7. The number of benzene rings is 1. The van der Waals surface area contributed by atoms with Gasteiger partial charge in [0.1, 0.15) is 5.01 Å². The number of aromatic nitrogens is 1. The van der Waals surface area contributed by atoms with Gasteiger partial charge in [-0.3, -0.25) is 0 Å². The second-order valence-electron chi connectivity index (χ2n) is 7.97. The summed E-state index contributed by atoms with van der Waals surface area (Å²) in [7, 11) is 0. The van der Waals surface area contributed by atoms with Crippen molar-refractivity contribution < 1.29 is 4.79 Å². The van der Waals surface area contributed by atoms with Crippen LogP contribution in [0.1, 0.15) is 49.2 Å². The predicted molar refractivity (Wildman–Crippen MR) is 115 cm³/mol. The van der Waals surface area contributed by atoms with Crippen LogP contribution in [0.25, 0.3) is 10.6 Å². The third-order valence-corrected chi connectivity index (χ3v) is 7.38. The lowest BCUT2D eigenvalue weighted by atomic mass is 10.0. The van der Waals surface area contributed by atoms with Crippen LogP contribution in [0.4, 0.5) is 4.79 Å². The number of piperidine rings is 1. The molecule has 2 aliphatic heterocycles. The monoisotopic (exact) mass is 398 g/mol. The molecule has 28 heavy (non-hydrogen) atoms. The summed E-state index contributed by atoms with van der Waals surface area (Å²) < 4.78 is 0. The third-order valence-electron chi connectivity index (χ3n) is 6.00. The van der Waals surface area contributed by atoms with Crippen LogP contribution < -0.4 is 5.32 Å². The van der Waals surface area contributed by atoms with Gasteiger partial charge in [0, 0.05) is 24.7 Å². The number of hydrogen-bond donors (Lipinski definition) is 1. The van der Waals surface area contributed by atoms with Crippen LogP contribution in [0.3, 0.4) is 0 Å². The van der Waals surface area contributed by atoms with Crippen molar-refractivity contribution in [2.24, 2.45) is 0 Å². The molecule has 1 aromatic heterocycles. The zero-order chi connectivity index (χ0) is 19.5. The number of rotatable bonds is 4. The van der Waals surface area contributed by atoms with Crippen molar-refractivity contribution in [3.05, 3.63) is 40.9 Å². The van der Waals surface area contributed by atoms with Gasteiger partial charge in [0.25, 0.3) is 0 Å². The number of nitrogens with zero attached hydrogens (tertiary/aromatic N) is 3. The van der Waals surface area contributed by atoms with Crippen LogP contribution in [0, 0.1) is 6.92 Å². The Labute approximate surface area is 171 Å². The molecule has 1 aromatic carbocycles. The van der Waals surface area contributed by atoms with Gasteiger partial charge >= 0.3 is 6.03 Å². The number of hydrogen-bond acceptors (Lipinski definition) is 4. The van der Waals surface area contributed by atoms with Gasteiger partial charge in [-0.05, 0) is 52.6 Å². The van der Waals surface area contributed by atoms with E-state index in [9.17, 15) is 4.79 Å². The molecule has 1 atom stereocenters. The predicted octanol–water partition coefficient (Wildman–Crippen LogP) is 4.45. The fourth-order valence-corrected chi connectivity index (χ4v) is 5.47. The zero-order valence-electron chi connectivity index (χ0n) is 16.9. The second-order valence-corrected chi connectivity index (χ2v) is 9.00. The Balaban J connectivity index is 1.34. The zero-order valence-corrected chi connectivity index (χ0v) is 17.7. The van der Waals surface area contributed by atoms with Crippen molar-refractivity contribution in [1.29, 1.82) is 0 Å². The van der Waals surface area contributed by atoms with Crippen LogP contribution in [0.15, 0.2) is 30.3 Å². The number of nitrogens with one attached hydrogen (secondary N) is 1. The van der Waals surface area contributed by atoms with Crippen molar-refractivity contribution in [2.45, 2.75) is 51.6 Å². The number of urea groups is 1. The minimum atomic E-state index is -0.0289. The molecule has 0 bridgehead atoms. The molecule has 2 aromatic rings. The molecular weight excluding hydrogens is 368 g/mol. The van der Waals surface area contributed by atoms with E-state index in [-0.39, 0.29) is 12.1 Å². The maximum absolute atomic E-state index is 12.8. The summed E-state index contributed by atoms with van der Waals surface area (Å²) in [5.74, 6) is 0. The molecule has 0 aliphatic carbocycles. The lowest BCUT2D eigenvalue weighted by Crippen LogP contribution is -2.49. The first-order valence-corrected chi connectivity index (χ1v) is 11.3. The molecule has 0 spiro atoms. The number of carbonyl (C=O) groups excluding carboxylic acids is 1. The quantitative estimate of drug-likeness (QED) is 0.828. The molecule has 0 saturated carbocycles. The van der Waals surface area contributed by atoms with Gasteiger partial charge < -0.3 is 15.1 Å². The van der Waals surface area contributed by atoms with E-state index in [0.29, 0.717) is 6.04 Å². The standard InChI is InChI=1S/C22H30N4OS/c1-16-20(28-21(23-16)18-8-4-3-5-9-18)17(2)24-22(27)26-14-10-19(11-15-26)25-12-6-7-13-25/h3-5,8-9,17,19H,6-7,10-15H2,1-2H3,(H,24,27)/t17-/m1/s1. The number of amides is 2. The van der Waals surface area contributed by atoms with Crippen molar-refractivity contribution in [3.8, 4) is 10.6 Å². The third kappa shape index (κ3) is 4.23. The van der Waals surface area contributed by atoms with Crippen LogP contribution in [0.5, 0.6) is 0 Å². The van der Waals surface area contributed by atoms with Crippen LogP contribution in [-0.2, 0) is 0 Å². The fraction of sp³-hybridized carbons (Fsp3) is 0.545. The van der Waals surface area contributed by atoms with Crippen molar-refractivity contribution in [3.63, 3.8) is 0 Å². The lowest BCUT2D eigenvalue weighted by Gasteiger charge is -2.37. The Hall–Kier alpha value is -1.92. The first-order valence-electron chi connectivity index (χ1n) is 10.4. The molecular formula is C22H30N4OS. The van der Waals surface area contributed by atoms with E-state index in [1.165, 1.54) is 25.9 Å². The van der Waals surface area contributed by atoms with Gasteiger partial charge in [-0.15, -0.1) is 11.3 Å². The van der Waals surface area contributed by atoms with Crippen molar-refractivity contribution >= 4 is 17.4 Å². The van der Waals surface area contributed by atoms with E-state index >= 15 is 0 Å². The molecule has 1 N–H and O–H groups in total. The van der Waals surface area contributed by atoms with Gasteiger partial charge in [-0.1, -0.05) is 30.3 Å². The average molecular weight is 399 g/mol. The van der Waals surface area contributed by atoms with Gasteiger partial charge in [0.05, 0.1) is 16.6 Å². The van der Waals surface area contributed by atoms with Gasteiger partial charge in [-0.2, -0.15) is 0 Å². The minimum Gasteiger partial charge on any atom is -0.331 e. The summed E-state index contributed by atoms with van der Waals surface area (Å²) in [4.78, 5) is 23.2. The summed E-state index contributed by atoms with van der Waals surface area (Å²) >= 11 is 1.68. The number of aryl methyl sites for hydroxylation is 1. The topological polar surface area (TPSA) is 48.5 Å². The van der Waals surface area contributed by atoms with Gasteiger partial charge in [-0.25, -0.2) is 9.78 Å². The first-order chi connectivity index (χ1) is 13.6. The highest BCUT2D eigenvalue weighted by Gasteiger charge is 2.29. The molecule has 0 unspecified atom stereocenters. The van der Waals surface area contributed by atoms with E-state index in [1.54, 1.807) is 11.3 Å². The van der Waals surface area contributed by atoms with Crippen LogP contribution in [-0.4, -0.2) is 53.0 Å². The molecule has 0 radical (unpaired) electrons. The highest BCUT2D eigenvalue weighted by Crippen LogP contribution is 2.32. The lowest BCUT2D eigenvalue weighted by molar-refractivity contribution is 0.132. The molecule has 150 valence electrons. The molecule has 2 saturated heterocycles. The number of carbonyl (C=O) groups is 1. The van der Waals surface area contributed by atoms with E-state index in [4.69, 9.17) is 4.98 Å². The second kappa shape index (κ2) is 8.62. The summed E-state index contributed by atoms with van der Waals surface area (Å²) in [6.45, 7) is 8.28. The molecule has 2 aliphatic rings. The summed E-state index contributed by atoms with van der Waals surface area (Å²) in [5, 5.41) is 4.21. The highest BCUT2D eigenvalue weighted by molar-refractivity contribution is 7.15. The summed E-state index contributed by atoms with van der Waals surface area (Å²) in [5.41, 5.74) is 2.13. The molecule has 2 fully saturated rings. The fourth-order valence-electron chi connectivity index (χ4n) is 4.40. The minimum absolute atomic E-state index is 0.0289. The van der Waals surface area contributed by atoms with Crippen molar-refractivity contribution in [1.82, 2.24) is 20.1 Å². The maximum Gasteiger partial charge on any atom is 0.317 e. The first kappa shape index (κ1) is 19.4. The van der Waals surface area contributed by atoms with Crippen molar-refractivity contribution in [2.75, 3.05) is 26.2 Å². The van der Waals surface area contributed by atoms with Crippen LogP contribution >= 0.6 is 11.3 Å². The smallest absolute Gasteiger partial charge is 0.317 e. The Morgan fingerprint density at radius 2 is 1.82 bits per heavy atom. The Morgan fingerprint density at radius 1 is 1.14 bits per heavy atom. The van der Waals surface area contributed by atoms with Gasteiger partial charge in [0.2, 0.25) is 0 Å². The molecule has 2 amide bonds. The van der Waals surface area contributed by atoms with Crippen LogP contribution in [0.2, 0.25) is 0 Å². The molecule has 6 heteroatoms. The summed E-state index contributed by atoms with van der Waals surface area (Å²) in [6, 6.07) is 10.9. The van der Waals surface area contributed by atoms with E-state index < -0.39 is 0 Å². The molecule has 3 heterocycles. The molecule has 5 nitrogen and oxygen atoms in total. The Bertz CT molecular complexity index is 792. The van der Waals surface area contributed by atoms with E-state index in [2.05, 4.69) is 29.3 Å².